The number of hydrogen-bond donors (Lipinski definition) is 2. The fourth-order valence-electron chi connectivity index (χ4n) is 0.916. The first-order valence-corrected chi connectivity index (χ1v) is 4.31. The molecule has 2 heteroatoms. The third kappa shape index (κ3) is 5.77. The highest BCUT2D eigenvalue weighted by atomic mass is 14.5. The van der Waals surface area contributed by atoms with Gasteiger partial charge in [-0.3, -0.25) is 0 Å². The van der Waals surface area contributed by atoms with Crippen molar-refractivity contribution in [3.05, 3.63) is 0 Å². The lowest BCUT2D eigenvalue weighted by atomic mass is 10.1. The molecule has 0 bridgehead atoms. The zero-order valence-corrected chi connectivity index (χ0v) is 7.54. The molecule has 0 aromatic rings. The number of unbranched alkanes of at least 4 members (excludes halogenated alkanes) is 3. The van der Waals surface area contributed by atoms with E-state index in [0.717, 1.165) is 12.8 Å². The Morgan fingerprint density at radius 1 is 1.09 bits per heavy atom. The third-order valence-corrected chi connectivity index (χ3v) is 1.73. The molecule has 0 rings (SSSR count). The minimum Gasteiger partial charge on any atom is -0.304 e. The minimum absolute atomic E-state index is 0.418. The van der Waals surface area contributed by atoms with Gasteiger partial charge in [0.15, 0.2) is 0 Å². The first kappa shape index (κ1) is 10.3. The third-order valence-electron chi connectivity index (χ3n) is 1.73. The first-order valence-electron chi connectivity index (χ1n) is 4.31. The number of rotatable bonds is 6. The topological polar surface area (TPSA) is 47.7 Å². The molecule has 0 fully saturated rings. The lowest BCUT2D eigenvalue weighted by Gasteiger charge is -2.00. The van der Waals surface area contributed by atoms with Crippen LogP contribution >= 0.6 is 0 Å². The van der Waals surface area contributed by atoms with Crippen LogP contribution in [0.3, 0.4) is 0 Å². The van der Waals surface area contributed by atoms with Gasteiger partial charge in [0.05, 0.1) is 5.71 Å². The maximum Gasteiger partial charge on any atom is 0.0518 e. The van der Waals surface area contributed by atoms with Gasteiger partial charge in [0.2, 0.25) is 0 Å². The first-order chi connectivity index (χ1) is 5.18. The van der Waals surface area contributed by atoms with E-state index in [1.54, 1.807) is 6.92 Å². The molecule has 64 valence electrons. The summed E-state index contributed by atoms with van der Waals surface area (Å²) in [6, 6.07) is 0. The van der Waals surface area contributed by atoms with Gasteiger partial charge in [0, 0.05) is 5.71 Å². The molecule has 0 amide bonds. The molecule has 0 aromatic heterocycles. The summed E-state index contributed by atoms with van der Waals surface area (Å²) in [5.41, 5.74) is 0.919. The summed E-state index contributed by atoms with van der Waals surface area (Å²) < 4.78 is 0. The van der Waals surface area contributed by atoms with E-state index in [1.807, 2.05) is 0 Å². The van der Waals surface area contributed by atoms with E-state index in [-0.39, 0.29) is 0 Å². The van der Waals surface area contributed by atoms with Crippen molar-refractivity contribution in [2.45, 2.75) is 46.0 Å². The van der Waals surface area contributed by atoms with Crippen LogP contribution in [0.25, 0.3) is 0 Å². The van der Waals surface area contributed by atoms with E-state index in [4.69, 9.17) is 10.8 Å². The molecule has 2 nitrogen and oxygen atoms in total. The van der Waals surface area contributed by atoms with Gasteiger partial charge >= 0.3 is 0 Å². The summed E-state index contributed by atoms with van der Waals surface area (Å²) >= 11 is 0. The van der Waals surface area contributed by atoms with Crippen LogP contribution in [-0.2, 0) is 0 Å². The van der Waals surface area contributed by atoms with Gasteiger partial charge in [0.25, 0.3) is 0 Å². The van der Waals surface area contributed by atoms with Gasteiger partial charge in [0.1, 0.15) is 0 Å². The summed E-state index contributed by atoms with van der Waals surface area (Å²) in [6.45, 7) is 3.86. The van der Waals surface area contributed by atoms with Gasteiger partial charge in [-0.2, -0.15) is 0 Å². The Hall–Kier alpha value is -0.660. The zero-order valence-electron chi connectivity index (χ0n) is 7.54. The normalized spacial score (nSPS) is 9.64. The highest BCUT2D eigenvalue weighted by Crippen LogP contribution is 2.03. The molecule has 0 aromatic carbocycles. The summed E-state index contributed by atoms with van der Waals surface area (Å²) in [4.78, 5) is 0. The van der Waals surface area contributed by atoms with Crippen molar-refractivity contribution >= 4 is 11.4 Å². The summed E-state index contributed by atoms with van der Waals surface area (Å²) in [7, 11) is 0. The molecule has 11 heavy (non-hydrogen) atoms. The highest BCUT2D eigenvalue weighted by molar-refractivity contribution is 6.38. The standard InChI is InChI=1S/C9H18N2/c1-3-4-5-6-7-9(11)8(2)10/h10-11H,3-7H2,1-2H3. The van der Waals surface area contributed by atoms with E-state index in [2.05, 4.69) is 6.92 Å². The Kier molecular flexibility index (Phi) is 5.71. The second-order valence-corrected chi connectivity index (χ2v) is 2.91. The molecule has 0 atom stereocenters. The van der Waals surface area contributed by atoms with Crippen LogP contribution in [-0.4, -0.2) is 11.4 Å². The van der Waals surface area contributed by atoms with Gasteiger partial charge < -0.3 is 10.8 Å². The highest BCUT2D eigenvalue weighted by Gasteiger charge is 1.97. The molecule has 0 unspecified atom stereocenters. The smallest absolute Gasteiger partial charge is 0.0518 e. The van der Waals surface area contributed by atoms with Crippen LogP contribution in [0.15, 0.2) is 0 Å². The van der Waals surface area contributed by atoms with Gasteiger partial charge in [-0.05, 0) is 19.8 Å². The number of nitrogens with one attached hydrogen (secondary N) is 2. The van der Waals surface area contributed by atoms with Crippen LogP contribution in [0, 0.1) is 10.8 Å². The summed E-state index contributed by atoms with van der Waals surface area (Å²) in [5.74, 6) is 0. The second kappa shape index (κ2) is 6.08. The summed E-state index contributed by atoms with van der Waals surface area (Å²) in [5, 5.41) is 14.5. The molecule has 0 aliphatic carbocycles. The maximum absolute atomic E-state index is 7.35. The molecule has 0 saturated heterocycles. The van der Waals surface area contributed by atoms with E-state index in [1.165, 1.54) is 19.3 Å². The van der Waals surface area contributed by atoms with Crippen molar-refractivity contribution < 1.29 is 0 Å². The molecule has 0 radical (unpaired) electrons. The average Bonchev–Trinajstić information content (AvgIpc) is 1.97. The largest absolute Gasteiger partial charge is 0.304 e. The van der Waals surface area contributed by atoms with Crippen LogP contribution in [0.4, 0.5) is 0 Å². The van der Waals surface area contributed by atoms with Gasteiger partial charge in [-0.25, -0.2) is 0 Å². The average molecular weight is 154 g/mol. The van der Waals surface area contributed by atoms with Gasteiger partial charge in [-0.1, -0.05) is 26.2 Å². The molecular formula is C9H18N2. The Labute approximate surface area is 69.0 Å². The Balaban J connectivity index is 3.25. The fraction of sp³-hybridized carbons (Fsp3) is 0.778. The van der Waals surface area contributed by atoms with Crippen LogP contribution < -0.4 is 0 Å². The van der Waals surface area contributed by atoms with E-state index >= 15 is 0 Å². The Bertz CT molecular complexity index is 138. The Morgan fingerprint density at radius 3 is 2.18 bits per heavy atom. The van der Waals surface area contributed by atoms with Crippen molar-refractivity contribution in [2.24, 2.45) is 0 Å². The fourth-order valence-corrected chi connectivity index (χ4v) is 0.916. The number of hydrogen-bond acceptors (Lipinski definition) is 2. The van der Waals surface area contributed by atoms with E-state index in [9.17, 15) is 0 Å². The van der Waals surface area contributed by atoms with Crippen LogP contribution in [0.1, 0.15) is 46.0 Å². The predicted molar refractivity (Wildman–Crippen MR) is 49.9 cm³/mol. The van der Waals surface area contributed by atoms with Crippen molar-refractivity contribution in [3.8, 4) is 0 Å². The monoisotopic (exact) mass is 154 g/mol. The van der Waals surface area contributed by atoms with Gasteiger partial charge in [-0.15, -0.1) is 0 Å². The van der Waals surface area contributed by atoms with Crippen molar-refractivity contribution in [2.75, 3.05) is 0 Å². The zero-order chi connectivity index (χ0) is 8.69. The lowest BCUT2D eigenvalue weighted by Crippen LogP contribution is -2.06. The quantitative estimate of drug-likeness (QED) is 0.436. The van der Waals surface area contributed by atoms with Crippen molar-refractivity contribution in [1.29, 1.82) is 10.8 Å². The summed E-state index contributed by atoms with van der Waals surface area (Å²) in [6.07, 6.45) is 5.55. The van der Waals surface area contributed by atoms with Crippen LogP contribution in [0.2, 0.25) is 0 Å². The Morgan fingerprint density at radius 2 is 1.73 bits per heavy atom. The lowest BCUT2D eigenvalue weighted by molar-refractivity contribution is 0.683. The molecule has 0 heterocycles. The van der Waals surface area contributed by atoms with Crippen molar-refractivity contribution in [1.82, 2.24) is 0 Å². The van der Waals surface area contributed by atoms with E-state index in [0.29, 0.717) is 11.4 Å². The predicted octanol–water partition coefficient (Wildman–Crippen LogP) is 3.02. The molecule has 0 aliphatic rings. The maximum atomic E-state index is 7.35. The van der Waals surface area contributed by atoms with Crippen molar-refractivity contribution in [3.63, 3.8) is 0 Å². The molecular weight excluding hydrogens is 136 g/mol. The van der Waals surface area contributed by atoms with E-state index < -0.39 is 0 Å². The SMILES string of the molecule is CCCCCCC(=N)C(C)=N. The minimum atomic E-state index is 0.418. The second-order valence-electron chi connectivity index (χ2n) is 2.91. The molecule has 2 N–H and O–H groups in total. The van der Waals surface area contributed by atoms with Crippen LogP contribution in [0.5, 0.6) is 0 Å². The molecule has 0 aliphatic heterocycles. The molecule has 0 spiro atoms. The molecule has 0 saturated carbocycles.